The van der Waals surface area contributed by atoms with Crippen LogP contribution in [-0.4, -0.2) is 40.0 Å². The minimum absolute atomic E-state index is 0.0442. The summed E-state index contributed by atoms with van der Waals surface area (Å²) < 4.78 is 2.38. The molecule has 0 fully saturated rings. The fraction of sp³-hybridized carbons (Fsp3) is 0.417. The molecule has 160 valence electrons. The topological polar surface area (TPSA) is 50.2 Å². The number of hydrogen-bond donors (Lipinski definition) is 1. The third kappa shape index (κ3) is 5.18. The molecule has 0 spiro atoms. The first-order valence-corrected chi connectivity index (χ1v) is 11.3. The van der Waals surface area contributed by atoms with Crippen LogP contribution < -0.4 is 5.32 Å². The van der Waals surface area contributed by atoms with Crippen molar-refractivity contribution in [3.63, 3.8) is 0 Å². The lowest BCUT2D eigenvalue weighted by Gasteiger charge is -2.19. The zero-order chi connectivity index (χ0) is 21.8. The van der Waals surface area contributed by atoms with Gasteiger partial charge in [-0.15, -0.1) is 11.3 Å². The van der Waals surface area contributed by atoms with Crippen LogP contribution in [0.15, 0.2) is 41.8 Å². The Hall–Kier alpha value is -2.44. The zero-order valence-corrected chi connectivity index (χ0v) is 19.6. The second-order valence-corrected chi connectivity index (χ2v) is 9.21. The van der Waals surface area contributed by atoms with Gasteiger partial charge in [0.2, 0.25) is 5.91 Å². The van der Waals surface area contributed by atoms with E-state index < -0.39 is 0 Å². The molecule has 30 heavy (non-hydrogen) atoms. The van der Waals surface area contributed by atoms with E-state index in [4.69, 9.17) is 4.98 Å². The molecule has 2 aromatic heterocycles. The van der Waals surface area contributed by atoms with E-state index in [1.807, 2.05) is 25.8 Å². The summed E-state index contributed by atoms with van der Waals surface area (Å²) in [7, 11) is 1.95. The largest absolute Gasteiger partial charge is 0.353 e. The fourth-order valence-electron chi connectivity index (χ4n) is 3.92. The summed E-state index contributed by atoms with van der Waals surface area (Å²) in [6, 6.07) is 13.2. The summed E-state index contributed by atoms with van der Waals surface area (Å²) >= 11 is 1.65. The van der Waals surface area contributed by atoms with Crippen LogP contribution in [0.3, 0.4) is 0 Å². The Morgan fingerprint density at radius 2 is 1.90 bits per heavy atom. The molecular formula is C24H32N4OS. The van der Waals surface area contributed by atoms with Gasteiger partial charge in [0.25, 0.3) is 0 Å². The first-order valence-electron chi connectivity index (χ1n) is 10.4. The number of benzene rings is 1. The Kier molecular flexibility index (Phi) is 7.10. The molecule has 0 saturated carbocycles. The van der Waals surface area contributed by atoms with E-state index in [0.717, 1.165) is 10.7 Å². The molecule has 6 heteroatoms. The molecule has 0 radical (unpaired) electrons. The monoisotopic (exact) mass is 424 g/mol. The number of hydrogen-bond acceptors (Lipinski definition) is 4. The van der Waals surface area contributed by atoms with Crippen LogP contribution in [0.4, 0.5) is 0 Å². The van der Waals surface area contributed by atoms with E-state index in [0.29, 0.717) is 13.1 Å². The van der Waals surface area contributed by atoms with Crippen molar-refractivity contribution in [1.29, 1.82) is 0 Å². The number of carbonyl (C=O) groups excluding carboxylic acids is 1. The molecule has 0 bridgehead atoms. The van der Waals surface area contributed by atoms with Crippen LogP contribution in [-0.2, 0) is 11.3 Å². The number of amides is 1. The first kappa shape index (κ1) is 22.2. The molecule has 3 aromatic rings. The van der Waals surface area contributed by atoms with Gasteiger partial charge in [0.15, 0.2) is 0 Å². The van der Waals surface area contributed by atoms with Crippen LogP contribution in [0.1, 0.15) is 48.8 Å². The smallest absolute Gasteiger partial charge is 0.234 e. The van der Waals surface area contributed by atoms with E-state index in [1.165, 1.54) is 22.5 Å². The highest BCUT2D eigenvalue weighted by Crippen LogP contribution is 2.32. The Bertz CT molecular complexity index is 990. The van der Waals surface area contributed by atoms with E-state index in [2.05, 4.69) is 72.4 Å². The molecule has 1 atom stereocenters. The normalized spacial score (nSPS) is 12.5. The molecule has 1 amide bonds. The molecule has 1 N–H and O–H groups in total. The molecule has 0 aliphatic carbocycles. The van der Waals surface area contributed by atoms with Gasteiger partial charge < -0.3 is 9.88 Å². The first-order chi connectivity index (χ1) is 14.3. The van der Waals surface area contributed by atoms with Gasteiger partial charge in [-0.3, -0.25) is 9.69 Å². The highest BCUT2D eigenvalue weighted by Gasteiger charge is 2.18. The van der Waals surface area contributed by atoms with Crippen LogP contribution in [0.25, 0.3) is 11.3 Å². The van der Waals surface area contributed by atoms with Crippen LogP contribution in [0.5, 0.6) is 0 Å². The van der Waals surface area contributed by atoms with Crippen molar-refractivity contribution >= 4 is 17.2 Å². The average molecular weight is 425 g/mol. The SMILES string of the molecule is Cc1cc(-c2csc(CN(C)CC(=O)NC(C)C)n2)c(C)n1[C@H](C)c1ccccc1. The zero-order valence-electron chi connectivity index (χ0n) is 18.8. The van der Waals surface area contributed by atoms with E-state index in [9.17, 15) is 4.79 Å². The van der Waals surface area contributed by atoms with Crippen LogP contribution in [0.2, 0.25) is 0 Å². The maximum atomic E-state index is 12.0. The third-order valence-corrected chi connectivity index (χ3v) is 6.08. The summed E-state index contributed by atoms with van der Waals surface area (Å²) in [5, 5.41) is 6.07. The molecule has 5 nitrogen and oxygen atoms in total. The lowest BCUT2D eigenvalue weighted by molar-refractivity contribution is -0.122. The average Bonchev–Trinajstić information content (AvgIpc) is 3.24. The molecule has 1 aromatic carbocycles. The second-order valence-electron chi connectivity index (χ2n) is 8.26. The molecular weight excluding hydrogens is 392 g/mol. The summed E-state index contributed by atoms with van der Waals surface area (Å²) in [4.78, 5) is 18.8. The predicted octanol–water partition coefficient (Wildman–Crippen LogP) is 4.79. The minimum Gasteiger partial charge on any atom is -0.353 e. The number of nitrogens with zero attached hydrogens (tertiary/aromatic N) is 3. The highest BCUT2D eigenvalue weighted by molar-refractivity contribution is 7.09. The number of aryl methyl sites for hydroxylation is 1. The summed E-state index contributed by atoms with van der Waals surface area (Å²) in [5.41, 5.74) is 5.94. The molecule has 3 rings (SSSR count). The molecule has 0 unspecified atom stereocenters. The number of carbonyl (C=O) groups is 1. The number of rotatable bonds is 8. The van der Waals surface area contributed by atoms with Crippen LogP contribution >= 0.6 is 11.3 Å². The van der Waals surface area contributed by atoms with Crippen molar-refractivity contribution in [1.82, 2.24) is 19.8 Å². The van der Waals surface area contributed by atoms with Gasteiger partial charge in [0.05, 0.1) is 24.8 Å². The Morgan fingerprint density at radius 3 is 2.57 bits per heavy atom. The van der Waals surface area contributed by atoms with Crippen molar-refractivity contribution < 1.29 is 4.79 Å². The Balaban J connectivity index is 1.75. The van der Waals surface area contributed by atoms with Crippen LogP contribution in [0, 0.1) is 13.8 Å². The summed E-state index contributed by atoms with van der Waals surface area (Å²) in [6.45, 7) is 11.5. The van der Waals surface area contributed by atoms with Gasteiger partial charge in [-0.05, 0) is 53.3 Å². The number of thiazole rings is 1. The molecule has 2 heterocycles. The fourth-order valence-corrected chi connectivity index (χ4v) is 4.79. The number of aromatic nitrogens is 2. The summed E-state index contributed by atoms with van der Waals surface area (Å²) in [5.74, 6) is 0.0442. The number of likely N-dealkylation sites (N-methyl/N-ethyl adjacent to an activating group) is 1. The molecule has 0 aliphatic rings. The standard InChI is InChI=1S/C24H32N4OS/c1-16(2)25-23(29)13-27(6)14-24-26-22(15-30-24)21-12-17(3)28(19(21)5)18(4)20-10-8-7-9-11-20/h7-12,15-16,18H,13-14H2,1-6H3,(H,25,29)/t18-/m1/s1. The van der Waals surface area contributed by atoms with Gasteiger partial charge in [-0.1, -0.05) is 30.3 Å². The predicted molar refractivity (Wildman–Crippen MR) is 125 cm³/mol. The molecule has 0 aliphatic heterocycles. The van der Waals surface area contributed by atoms with Crippen molar-refractivity contribution in [3.8, 4) is 11.3 Å². The van der Waals surface area contributed by atoms with E-state index >= 15 is 0 Å². The van der Waals surface area contributed by atoms with Crippen molar-refractivity contribution in [2.24, 2.45) is 0 Å². The Labute approximate surface area is 183 Å². The van der Waals surface area contributed by atoms with Gasteiger partial charge in [0.1, 0.15) is 5.01 Å². The van der Waals surface area contributed by atoms with Gasteiger partial charge in [-0.2, -0.15) is 0 Å². The van der Waals surface area contributed by atoms with Gasteiger partial charge in [-0.25, -0.2) is 4.98 Å². The van der Waals surface area contributed by atoms with Gasteiger partial charge >= 0.3 is 0 Å². The van der Waals surface area contributed by atoms with Crippen molar-refractivity contribution in [2.75, 3.05) is 13.6 Å². The highest BCUT2D eigenvalue weighted by atomic mass is 32.1. The number of nitrogens with one attached hydrogen (secondary N) is 1. The lowest BCUT2D eigenvalue weighted by atomic mass is 10.1. The van der Waals surface area contributed by atoms with Gasteiger partial charge in [0, 0.05) is 28.4 Å². The third-order valence-electron chi connectivity index (χ3n) is 5.25. The van der Waals surface area contributed by atoms with E-state index in [1.54, 1.807) is 11.3 Å². The molecule has 0 saturated heterocycles. The quantitative estimate of drug-likeness (QED) is 0.565. The minimum atomic E-state index is 0.0442. The maximum Gasteiger partial charge on any atom is 0.234 e. The Morgan fingerprint density at radius 1 is 1.20 bits per heavy atom. The van der Waals surface area contributed by atoms with Crippen molar-refractivity contribution in [3.05, 3.63) is 63.7 Å². The second kappa shape index (κ2) is 9.58. The summed E-state index contributed by atoms with van der Waals surface area (Å²) in [6.07, 6.45) is 0. The van der Waals surface area contributed by atoms with E-state index in [-0.39, 0.29) is 18.0 Å². The maximum absolute atomic E-state index is 12.0. The van der Waals surface area contributed by atoms with Crippen molar-refractivity contribution in [2.45, 2.75) is 53.2 Å². The lowest BCUT2D eigenvalue weighted by Crippen LogP contribution is -2.38.